The van der Waals surface area contributed by atoms with Gasteiger partial charge in [-0.15, -0.1) is 11.3 Å². The van der Waals surface area contributed by atoms with Gasteiger partial charge in [0, 0.05) is 39.4 Å². The number of hydrazine groups is 1. The monoisotopic (exact) mass is 332 g/mol. The topological polar surface area (TPSA) is 64.7 Å². The molecule has 23 heavy (non-hydrogen) atoms. The third-order valence-corrected chi connectivity index (χ3v) is 3.94. The Hall–Kier alpha value is -2.38. The highest BCUT2D eigenvalue weighted by Crippen LogP contribution is 2.24. The van der Waals surface area contributed by atoms with Crippen LogP contribution in [0.25, 0.3) is 0 Å². The number of thiophene rings is 1. The fourth-order valence-corrected chi connectivity index (χ4v) is 2.71. The van der Waals surface area contributed by atoms with E-state index in [1.807, 2.05) is 31.1 Å². The number of rotatable bonds is 5. The average Bonchev–Trinajstić information content (AvgIpc) is 2.94. The summed E-state index contributed by atoms with van der Waals surface area (Å²) in [6, 6.07) is 8.97. The van der Waals surface area contributed by atoms with E-state index >= 15 is 0 Å². The summed E-state index contributed by atoms with van der Waals surface area (Å²) in [6.45, 7) is 0. The van der Waals surface area contributed by atoms with Gasteiger partial charge in [-0.3, -0.25) is 15.0 Å². The molecule has 0 fully saturated rings. The first-order valence-electron chi connectivity index (χ1n) is 7.03. The van der Waals surface area contributed by atoms with Crippen LogP contribution in [0.15, 0.2) is 35.7 Å². The van der Waals surface area contributed by atoms with Crippen molar-refractivity contribution < 1.29 is 9.59 Å². The lowest BCUT2D eigenvalue weighted by Gasteiger charge is -2.13. The summed E-state index contributed by atoms with van der Waals surface area (Å²) >= 11 is 1.32. The second kappa shape index (κ2) is 7.26. The molecule has 0 aliphatic heterocycles. The van der Waals surface area contributed by atoms with Crippen LogP contribution in [0.1, 0.15) is 20.7 Å². The standard InChI is InChI=1S/C16H20N4O2S/c1-19(2)12-7-5-11(6-8-12)14(21)17-16-13(9-10-23-16)15(22)18-20(3)4/h5-10H,1-4H3,(H,17,21)(H,18,22). The van der Waals surface area contributed by atoms with E-state index in [-0.39, 0.29) is 11.8 Å². The highest BCUT2D eigenvalue weighted by atomic mass is 32.1. The predicted octanol–water partition coefficient (Wildman–Crippen LogP) is 2.27. The molecule has 2 aromatic rings. The van der Waals surface area contributed by atoms with Gasteiger partial charge < -0.3 is 10.2 Å². The van der Waals surface area contributed by atoms with Gasteiger partial charge in [0.1, 0.15) is 5.00 Å². The van der Waals surface area contributed by atoms with E-state index in [9.17, 15) is 9.59 Å². The zero-order chi connectivity index (χ0) is 17.0. The molecule has 0 unspecified atom stereocenters. The number of nitrogens with one attached hydrogen (secondary N) is 2. The van der Waals surface area contributed by atoms with Gasteiger partial charge in [0.05, 0.1) is 5.56 Å². The lowest BCUT2D eigenvalue weighted by atomic mass is 10.2. The number of anilines is 2. The summed E-state index contributed by atoms with van der Waals surface area (Å²) in [6.07, 6.45) is 0. The summed E-state index contributed by atoms with van der Waals surface area (Å²) in [7, 11) is 7.34. The summed E-state index contributed by atoms with van der Waals surface area (Å²) in [4.78, 5) is 26.4. The molecule has 0 aliphatic rings. The van der Waals surface area contributed by atoms with Crippen molar-refractivity contribution >= 4 is 33.8 Å². The SMILES string of the molecule is CN(C)NC(=O)c1ccsc1NC(=O)c1ccc(N(C)C)cc1. The van der Waals surface area contributed by atoms with Gasteiger partial charge in [-0.25, -0.2) is 5.01 Å². The maximum Gasteiger partial charge on any atom is 0.268 e. The normalized spacial score (nSPS) is 10.5. The minimum absolute atomic E-state index is 0.239. The van der Waals surface area contributed by atoms with Crippen LogP contribution in [0.5, 0.6) is 0 Å². The van der Waals surface area contributed by atoms with Gasteiger partial charge in [-0.05, 0) is 35.7 Å². The van der Waals surface area contributed by atoms with Crippen LogP contribution in [-0.4, -0.2) is 45.0 Å². The van der Waals surface area contributed by atoms with E-state index < -0.39 is 0 Å². The molecular weight excluding hydrogens is 312 g/mol. The Morgan fingerprint density at radius 2 is 1.61 bits per heavy atom. The summed E-state index contributed by atoms with van der Waals surface area (Å²) in [5.41, 5.74) is 4.67. The fourth-order valence-electron chi connectivity index (χ4n) is 1.93. The van der Waals surface area contributed by atoms with Gasteiger partial charge in [0.25, 0.3) is 11.8 Å². The van der Waals surface area contributed by atoms with Crippen molar-refractivity contribution in [3.05, 3.63) is 46.8 Å². The van der Waals surface area contributed by atoms with E-state index in [2.05, 4.69) is 10.7 Å². The van der Waals surface area contributed by atoms with Crippen LogP contribution in [-0.2, 0) is 0 Å². The largest absolute Gasteiger partial charge is 0.378 e. The minimum Gasteiger partial charge on any atom is -0.378 e. The number of carbonyl (C=O) groups excluding carboxylic acids is 2. The molecule has 2 amide bonds. The number of hydrogen-bond donors (Lipinski definition) is 2. The minimum atomic E-state index is -0.255. The predicted molar refractivity (Wildman–Crippen MR) is 94.2 cm³/mol. The second-order valence-electron chi connectivity index (χ2n) is 5.39. The molecule has 0 aliphatic carbocycles. The Kier molecular flexibility index (Phi) is 5.36. The third-order valence-electron chi connectivity index (χ3n) is 3.11. The van der Waals surface area contributed by atoms with Crippen molar-refractivity contribution in [1.29, 1.82) is 0 Å². The van der Waals surface area contributed by atoms with Crippen LogP contribution >= 0.6 is 11.3 Å². The zero-order valence-corrected chi connectivity index (χ0v) is 14.4. The first-order valence-corrected chi connectivity index (χ1v) is 7.91. The molecule has 0 atom stereocenters. The quantitative estimate of drug-likeness (QED) is 0.825. The van der Waals surface area contributed by atoms with Gasteiger partial charge in [-0.2, -0.15) is 0 Å². The molecule has 122 valence electrons. The van der Waals surface area contributed by atoms with Crippen molar-refractivity contribution in [2.24, 2.45) is 0 Å². The van der Waals surface area contributed by atoms with Gasteiger partial charge in [-0.1, -0.05) is 0 Å². The first kappa shape index (κ1) is 17.0. The maximum absolute atomic E-state index is 12.3. The van der Waals surface area contributed by atoms with Gasteiger partial charge >= 0.3 is 0 Å². The van der Waals surface area contributed by atoms with E-state index in [1.165, 1.54) is 11.3 Å². The summed E-state index contributed by atoms with van der Waals surface area (Å²) in [5.74, 6) is -0.494. The molecule has 1 aromatic heterocycles. The Balaban J connectivity index is 2.12. The third kappa shape index (κ3) is 4.30. The fraction of sp³-hybridized carbons (Fsp3) is 0.250. The lowest BCUT2D eigenvalue weighted by Crippen LogP contribution is -2.36. The highest BCUT2D eigenvalue weighted by Gasteiger charge is 2.16. The Morgan fingerprint density at radius 3 is 2.17 bits per heavy atom. The van der Waals surface area contributed by atoms with E-state index in [0.29, 0.717) is 16.1 Å². The van der Waals surface area contributed by atoms with Crippen LogP contribution in [0.4, 0.5) is 10.7 Å². The lowest BCUT2D eigenvalue weighted by molar-refractivity contribution is 0.0858. The van der Waals surface area contributed by atoms with Crippen molar-refractivity contribution in [3.8, 4) is 0 Å². The molecule has 0 spiro atoms. The molecule has 2 rings (SSSR count). The summed E-state index contributed by atoms with van der Waals surface area (Å²) < 4.78 is 0. The van der Waals surface area contributed by atoms with Crippen molar-refractivity contribution in [1.82, 2.24) is 10.4 Å². The molecule has 0 saturated carbocycles. The van der Waals surface area contributed by atoms with Crippen molar-refractivity contribution in [2.45, 2.75) is 0 Å². The number of amides is 2. The summed E-state index contributed by atoms with van der Waals surface area (Å²) in [5, 5.41) is 6.66. The van der Waals surface area contributed by atoms with Crippen LogP contribution in [0.3, 0.4) is 0 Å². The van der Waals surface area contributed by atoms with Gasteiger partial charge in [0.15, 0.2) is 0 Å². The second-order valence-corrected chi connectivity index (χ2v) is 6.31. The highest BCUT2D eigenvalue weighted by molar-refractivity contribution is 7.14. The number of carbonyl (C=O) groups is 2. The Bertz CT molecular complexity index is 692. The molecular formula is C16H20N4O2S. The number of benzene rings is 1. The molecule has 0 bridgehead atoms. The zero-order valence-electron chi connectivity index (χ0n) is 13.6. The molecule has 2 N–H and O–H groups in total. The van der Waals surface area contributed by atoms with Crippen LogP contribution < -0.4 is 15.6 Å². The molecule has 7 heteroatoms. The number of nitrogens with zero attached hydrogens (tertiary/aromatic N) is 2. The van der Waals surface area contributed by atoms with Crippen molar-refractivity contribution in [3.63, 3.8) is 0 Å². The Labute approximate surface area is 139 Å². The molecule has 6 nitrogen and oxygen atoms in total. The first-order chi connectivity index (χ1) is 10.9. The number of hydrogen-bond acceptors (Lipinski definition) is 5. The van der Waals surface area contributed by atoms with Crippen molar-refractivity contribution in [2.75, 3.05) is 38.4 Å². The molecule has 1 aromatic carbocycles. The van der Waals surface area contributed by atoms with Gasteiger partial charge in [0.2, 0.25) is 0 Å². The van der Waals surface area contributed by atoms with E-state index in [0.717, 1.165) is 5.69 Å². The Morgan fingerprint density at radius 1 is 0.957 bits per heavy atom. The molecule has 1 heterocycles. The molecule has 0 radical (unpaired) electrons. The average molecular weight is 332 g/mol. The molecule has 0 saturated heterocycles. The smallest absolute Gasteiger partial charge is 0.268 e. The van der Waals surface area contributed by atoms with Crippen LogP contribution in [0, 0.1) is 0 Å². The maximum atomic E-state index is 12.3. The van der Waals surface area contributed by atoms with E-state index in [1.54, 1.807) is 42.7 Å². The van der Waals surface area contributed by atoms with Crippen LogP contribution in [0.2, 0.25) is 0 Å². The van der Waals surface area contributed by atoms with E-state index in [4.69, 9.17) is 0 Å².